The van der Waals surface area contributed by atoms with Crippen molar-refractivity contribution >= 4 is 22.8 Å². The van der Waals surface area contributed by atoms with Crippen LogP contribution in [0.4, 0.5) is 0 Å². The van der Waals surface area contributed by atoms with Crippen molar-refractivity contribution in [3.8, 4) is 0 Å². The van der Waals surface area contributed by atoms with Crippen LogP contribution in [0.3, 0.4) is 0 Å². The Morgan fingerprint density at radius 1 is 0.906 bits per heavy atom. The van der Waals surface area contributed by atoms with Gasteiger partial charge < -0.3 is 14.8 Å². The van der Waals surface area contributed by atoms with E-state index in [9.17, 15) is 9.59 Å². The van der Waals surface area contributed by atoms with Gasteiger partial charge in [-0.2, -0.15) is 0 Å². The minimum absolute atomic E-state index is 0.0719. The monoisotopic (exact) mass is 432 g/mol. The molecule has 1 saturated heterocycles. The number of para-hydroxylation sites is 2. The van der Waals surface area contributed by atoms with E-state index in [0.29, 0.717) is 19.5 Å². The summed E-state index contributed by atoms with van der Waals surface area (Å²) in [6.07, 6.45) is 6.15. The van der Waals surface area contributed by atoms with Crippen LogP contribution in [0.1, 0.15) is 43.5 Å². The van der Waals surface area contributed by atoms with E-state index in [0.717, 1.165) is 62.1 Å². The molecule has 0 radical (unpaired) electrons. The SMILES string of the molecule is O=C(CCc1ccccc1)NCCCc1nc2ccccc2n1CC(=O)N1CCCCC1. The third-order valence-electron chi connectivity index (χ3n) is 6.12. The number of nitrogens with zero attached hydrogens (tertiary/aromatic N) is 3. The molecular weight excluding hydrogens is 400 g/mol. The van der Waals surface area contributed by atoms with E-state index >= 15 is 0 Å². The summed E-state index contributed by atoms with van der Waals surface area (Å²) >= 11 is 0. The lowest BCUT2D eigenvalue weighted by Crippen LogP contribution is -2.38. The van der Waals surface area contributed by atoms with Crippen molar-refractivity contribution in [2.45, 2.75) is 51.5 Å². The van der Waals surface area contributed by atoms with Crippen LogP contribution in [-0.2, 0) is 29.0 Å². The highest BCUT2D eigenvalue weighted by Crippen LogP contribution is 2.18. The molecule has 168 valence electrons. The first-order chi connectivity index (χ1) is 15.7. The summed E-state index contributed by atoms with van der Waals surface area (Å²) in [5, 5.41) is 3.02. The molecule has 0 saturated carbocycles. The topological polar surface area (TPSA) is 67.2 Å². The van der Waals surface area contributed by atoms with Gasteiger partial charge in [-0.3, -0.25) is 9.59 Å². The number of amides is 2. The molecule has 4 rings (SSSR count). The molecule has 1 aliphatic heterocycles. The van der Waals surface area contributed by atoms with Crippen LogP contribution in [0, 0.1) is 0 Å². The fourth-order valence-electron chi connectivity index (χ4n) is 4.34. The minimum Gasteiger partial charge on any atom is -0.356 e. The number of hydrogen-bond acceptors (Lipinski definition) is 3. The number of imidazole rings is 1. The first-order valence-corrected chi connectivity index (χ1v) is 11.7. The van der Waals surface area contributed by atoms with E-state index < -0.39 is 0 Å². The molecule has 0 aliphatic carbocycles. The molecule has 0 unspecified atom stereocenters. The predicted octanol–water partition coefficient (Wildman–Crippen LogP) is 3.73. The van der Waals surface area contributed by atoms with Crippen molar-refractivity contribution in [1.29, 1.82) is 0 Å². The Hall–Kier alpha value is -3.15. The third-order valence-corrected chi connectivity index (χ3v) is 6.12. The van der Waals surface area contributed by atoms with Crippen LogP contribution in [0.25, 0.3) is 11.0 Å². The number of nitrogens with one attached hydrogen (secondary N) is 1. The fourth-order valence-corrected chi connectivity index (χ4v) is 4.34. The van der Waals surface area contributed by atoms with Crippen molar-refractivity contribution in [3.05, 3.63) is 66.0 Å². The molecule has 0 atom stereocenters. The fraction of sp³-hybridized carbons (Fsp3) is 0.423. The number of benzene rings is 2. The zero-order valence-electron chi connectivity index (χ0n) is 18.6. The standard InChI is InChI=1S/C26H32N4O2/c31-25(16-15-21-10-3-1-4-11-21)27-17-9-14-24-28-22-12-5-6-13-23(22)30(24)20-26(32)29-18-7-2-8-19-29/h1,3-6,10-13H,2,7-9,14-20H2,(H,27,31). The molecule has 0 spiro atoms. The molecule has 0 bridgehead atoms. The molecule has 3 aromatic rings. The number of fused-ring (bicyclic) bond motifs is 1. The van der Waals surface area contributed by atoms with E-state index in [2.05, 4.69) is 9.88 Å². The minimum atomic E-state index is 0.0719. The Morgan fingerprint density at radius 2 is 1.66 bits per heavy atom. The van der Waals surface area contributed by atoms with Gasteiger partial charge in [0.2, 0.25) is 11.8 Å². The molecule has 1 N–H and O–H groups in total. The maximum absolute atomic E-state index is 12.9. The molecule has 2 heterocycles. The Bertz CT molecular complexity index is 1040. The van der Waals surface area contributed by atoms with Crippen LogP contribution in [0.2, 0.25) is 0 Å². The van der Waals surface area contributed by atoms with Crippen LogP contribution < -0.4 is 5.32 Å². The number of aryl methyl sites for hydroxylation is 2. The van der Waals surface area contributed by atoms with Crippen molar-refractivity contribution in [2.24, 2.45) is 0 Å². The van der Waals surface area contributed by atoms with Gasteiger partial charge in [-0.05, 0) is 49.8 Å². The number of hydrogen-bond donors (Lipinski definition) is 1. The van der Waals surface area contributed by atoms with Crippen molar-refractivity contribution in [3.63, 3.8) is 0 Å². The van der Waals surface area contributed by atoms with Crippen molar-refractivity contribution in [1.82, 2.24) is 19.8 Å². The average molecular weight is 433 g/mol. The maximum Gasteiger partial charge on any atom is 0.242 e. The van der Waals surface area contributed by atoms with E-state index in [1.807, 2.05) is 59.5 Å². The van der Waals surface area contributed by atoms with Gasteiger partial charge in [0.25, 0.3) is 0 Å². The normalized spacial score (nSPS) is 13.9. The highest BCUT2D eigenvalue weighted by Gasteiger charge is 2.19. The van der Waals surface area contributed by atoms with E-state index in [1.165, 1.54) is 12.0 Å². The van der Waals surface area contributed by atoms with Crippen LogP contribution in [0.5, 0.6) is 0 Å². The molecule has 6 heteroatoms. The summed E-state index contributed by atoms with van der Waals surface area (Å²) in [4.78, 5) is 31.8. The lowest BCUT2D eigenvalue weighted by atomic mass is 10.1. The van der Waals surface area contributed by atoms with Gasteiger partial charge in [0.15, 0.2) is 0 Å². The summed E-state index contributed by atoms with van der Waals surface area (Å²) in [5.74, 6) is 1.15. The molecule has 6 nitrogen and oxygen atoms in total. The van der Waals surface area contributed by atoms with Gasteiger partial charge in [-0.1, -0.05) is 42.5 Å². The van der Waals surface area contributed by atoms with Gasteiger partial charge in [0, 0.05) is 32.5 Å². The second-order valence-corrected chi connectivity index (χ2v) is 8.48. The third kappa shape index (κ3) is 5.75. The Labute approximate surface area is 189 Å². The Balaban J connectivity index is 1.31. The van der Waals surface area contributed by atoms with Gasteiger partial charge in [-0.25, -0.2) is 4.98 Å². The first-order valence-electron chi connectivity index (χ1n) is 11.7. The summed E-state index contributed by atoms with van der Waals surface area (Å²) in [5.41, 5.74) is 3.09. The highest BCUT2D eigenvalue weighted by molar-refractivity contribution is 5.81. The van der Waals surface area contributed by atoms with Gasteiger partial charge in [0.1, 0.15) is 12.4 Å². The number of carbonyl (C=O) groups excluding carboxylic acids is 2. The maximum atomic E-state index is 12.9. The van der Waals surface area contributed by atoms with Gasteiger partial charge in [-0.15, -0.1) is 0 Å². The van der Waals surface area contributed by atoms with E-state index in [-0.39, 0.29) is 11.8 Å². The molecular formula is C26H32N4O2. The predicted molar refractivity (Wildman–Crippen MR) is 126 cm³/mol. The van der Waals surface area contributed by atoms with Crippen molar-refractivity contribution < 1.29 is 9.59 Å². The lowest BCUT2D eigenvalue weighted by molar-refractivity contribution is -0.132. The summed E-state index contributed by atoms with van der Waals surface area (Å²) < 4.78 is 2.06. The summed E-state index contributed by atoms with van der Waals surface area (Å²) in [6.45, 7) is 2.65. The average Bonchev–Trinajstić information content (AvgIpc) is 3.19. The smallest absolute Gasteiger partial charge is 0.242 e. The lowest BCUT2D eigenvalue weighted by Gasteiger charge is -2.27. The molecule has 1 aliphatic rings. The number of piperidine rings is 1. The second kappa shape index (κ2) is 10.9. The highest BCUT2D eigenvalue weighted by atomic mass is 16.2. The van der Waals surface area contributed by atoms with Crippen molar-refractivity contribution in [2.75, 3.05) is 19.6 Å². The van der Waals surface area contributed by atoms with Crippen LogP contribution in [-0.4, -0.2) is 45.9 Å². The molecule has 2 aromatic carbocycles. The van der Waals surface area contributed by atoms with Gasteiger partial charge >= 0.3 is 0 Å². The number of aromatic nitrogens is 2. The summed E-state index contributed by atoms with van der Waals surface area (Å²) in [6, 6.07) is 18.0. The largest absolute Gasteiger partial charge is 0.356 e. The zero-order chi connectivity index (χ0) is 22.2. The quantitative estimate of drug-likeness (QED) is 0.524. The first kappa shape index (κ1) is 22.1. The second-order valence-electron chi connectivity index (χ2n) is 8.48. The number of rotatable bonds is 9. The molecule has 1 fully saturated rings. The van der Waals surface area contributed by atoms with Gasteiger partial charge in [0.05, 0.1) is 11.0 Å². The number of likely N-dealkylation sites (tertiary alicyclic amines) is 1. The zero-order valence-corrected chi connectivity index (χ0v) is 18.6. The Kier molecular flexibility index (Phi) is 7.54. The van der Waals surface area contributed by atoms with E-state index in [1.54, 1.807) is 0 Å². The molecule has 2 amide bonds. The Morgan fingerprint density at radius 3 is 2.47 bits per heavy atom. The molecule has 1 aromatic heterocycles. The number of carbonyl (C=O) groups is 2. The van der Waals surface area contributed by atoms with Crippen LogP contribution in [0.15, 0.2) is 54.6 Å². The van der Waals surface area contributed by atoms with Crippen LogP contribution >= 0.6 is 0 Å². The summed E-state index contributed by atoms with van der Waals surface area (Å²) in [7, 11) is 0. The molecule has 32 heavy (non-hydrogen) atoms. The van der Waals surface area contributed by atoms with E-state index in [4.69, 9.17) is 4.98 Å².